The van der Waals surface area contributed by atoms with E-state index in [4.69, 9.17) is 11.6 Å². The SMILES string of the molecule is CCOP(=O)(O)CON=Cc1ccccc1Cl. The average molecular weight is 278 g/mol. The summed E-state index contributed by atoms with van der Waals surface area (Å²) in [6.07, 6.45) is 0.885. The Morgan fingerprint density at radius 2 is 2.24 bits per heavy atom. The van der Waals surface area contributed by atoms with Crippen molar-refractivity contribution in [1.29, 1.82) is 0 Å². The maximum atomic E-state index is 11.2. The first-order valence-corrected chi connectivity index (χ1v) is 7.05. The maximum absolute atomic E-state index is 11.2. The van der Waals surface area contributed by atoms with E-state index < -0.39 is 13.9 Å². The summed E-state index contributed by atoms with van der Waals surface area (Å²) in [5, 5.41) is 4.07. The van der Waals surface area contributed by atoms with E-state index in [1.165, 1.54) is 6.21 Å². The molecule has 0 bridgehead atoms. The molecule has 0 saturated carbocycles. The molecule has 0 aliphatic rings. The monoisotopic (exact) mass is 277 g/mol. The minimum absolute atomic E-state index is 0.144. The summed E-state index contributed by atoms with van der Waals surface area (Å²) in [6, 6.07) is 7.04. The van der Waals surface area contributed by atoms with Gasteiger partial charge in [0.25, 0.3) is 0 Å². The number of nitrogens with zero attached hydrogens (tertiary/aromatic N) is 1. The second-order valence-corrected chi connectivity index (χ2v) is 5.27. The lowest BCUT2D eigenvalue weighted by molar-refractivity contribution is 0.156. The van der Waals surface area contributed by atoms with Crippen LogP contribution in [0.4, 0.5) is 0 Å². The van der Waals surface area contributed by atoms with Gasteiger partial charge in [-0.1, -0.05) is 35.0 Å². The topological polar surface area (TPSA) is 68.1 Å². The first-order chi connectivity index (χ1) is 8.05. The predicted octanol–water partition coefficient (Wildman–Crippen LogP) is 2.87. The van der Waals surface area contributed by atoms with E-state index in [1.54, 1.807) is 31.2 Å². The van der Waals surface area contributed by atoms with Gasteiger partial charge in [0.15, 0.2) is 0 Å². The van der Waals surface area contributed by atoms with Crippen molar-refractivity contribution in [2.24, 2.45) is 5.16 Å². The zero-order valence-corrected chi connectivity index (χ0v) is 10.9. The van der Waals surface area contributed by atoms with Crippen LogP contribution in [0.15, 0.2) is 29.4 Å². The molecule has 7 heteroatoms. The summed E-state index contributed by atoms with van der Waals surface area (Å²) in [7, 11) is -3.69. The molecular formula is C10H13ClNO4P. The van der Waals surface area contributed by atoms with Crippen LogP contribution in [0, 0.1) is 0 Å². The van der Waals surface area contributed by atoms with Crippen molar-refractivity contribution in [3.8, 4) is 0 Å². The van der Waals surface area contributed by atoms with Crippen LogP contribution in [0.2, 0.25) is 5.02 Å². The molecule has 0 heterocycles. The lowest BCUT2D eigenvalue weighted by Gasteiger charge is -2.08. The van der Waals surface area contributed by atoms with Gasteiger partial charge in [0.1, 0.15) is 0 Å². The van der Waals surface area contributed by atoms with Crippen molar-refractivity contribution >= 4 is 25.4 Å². The highest BCUT2D eigenvalue weighted by atomic mass is 35.5. The van der Waals surface area contributed by atoms with Crippen molar-refractivity contribution in [1.82, 2.24) is 0 Å². The van der Waals surface area contributed by atoms with Crippen LogP contribution in [0.5, 0.6) is 0 Å². The lowest BCUT2D eigenvalue weighted by atomic mass is 10.2. The molecule has 0 amide bonds. The van der Waals surface area contributed by atoms with E-state index in [9.17, 15) is 9.46 Å². The Balaban J connectivity index is 2.47. The molecule has 1 aromatic carbocycles. The minimum Gasteiger partial charge on any atom is -0.383 e. The summed E-state index contributed by atoms with van der Waals surface area (Å²) in [5.41, 5.74) is 0.665. The lowest BCUT2D eigenvalue weighted by Crippen LogP contribution is -1.96. The standard InChI is InChI=1S/C10H13ClNO4P/c1-2-16-17(13,14)8-15-12-7-9-5-3-4-6-10(9)11/h3-7H,2,8H2,1H3,(H,13,14). The number of halogens is 1. The van der Waals surface area contributed by atoms with E-state index in [0.29, 0.717) is 10.6 Å². The Bertz CT molecular complexity index is 438. The summed E-state index contributed by atoms with van der Waals surface area (Å²) < 4.78 is 15.8. The number of hydrogen-bond acceptors (Lipinski definition) is 4. The summed E-state index contributed by atoms with van der Waals surface area (Å²) in [6.45, 7) is 1.77. The number of hydrogen-bond donors (Lipinski definition) is 1. The number of rotatable bonds is 6. The minimum atomic E-state index is -3.69. The van der Waals surface area contributed by atoms with Gasteiger partial charge in [-0.15, -0.1) is 0 Å². The van der Waals surface area contributed by atoms with Crippen molar-refractivity contribution in [2.45, 2.75) is 6.92 Å². The molecular weight excluding hydrogens is 265 g/mol. The van der Waals surface area contributed by atoms with Gasteiger partial charge in [-0.3, -0.25) is 4.57 Å². The summed E-state index contributed by atoms with van der Waals surface area (Å²) in [5.74, 6) is 0. The molecule has 1 N–H and O–H groups in total. The van der Waals surface area contributed by atoms with Gasteiger partial charge in [-0.05, 0) is 13.0 Å². The fourth-order valence-electron chi connectivity index (χ4n) is 1.02. The smallest absolute Gasteiger partial charge is 0.368 e. The molecule has 1 unspecified atom stereocenters. The third-order valence-corrected chi connectivity index (χ3v) is 3.17. The van der Waals surface area contributed by atoms with Crippen LogP contribution in [0.3, 0.4) is 0 Å². The Morgan fingerprint density at radius 3 is 2.88 bits per heavy atom. The van der Waals surface area contributed by atoms with Gasteiger partial charge >= 0.3 is 7.60 Å². The molecule has 0 aromatic heterocycles. The molecule has 0 saturated heterocycles. The molecule has 5 nitrogen and oxygen atoms in total. The van der Waals surface area contributed by atoms with Crippen LogP contribution in [0.25, 0.3) is 0 Å². The van der Waals surface area contributed by atoms with Crippen LogP contribution in [-0.2, 0) is 13.9 Å². The first-order valence-electron chi connectivity index (χ1n) is 4.91. The highest BCUT2D eigenvalue weighted by Gasteiger charge is 2.19. The van der Waals surface area contributed by atoms with Crippen molar-refractivity contribution in [3.63, 3.8) is 0 Å². The Labute approximate surface area is 105 Å². The Hall–Kier alpha value is -0.870. The van der Waals surface area contributed by atoms with Gasteiger partial charge in [0, 0.05) is 10.6 Å². The number of benzene rings is 1. The average Bonchev–Trinajstić information content (AvgIpc) is 2.26. The van der Waals surface area contributed by atoms with Gasteiger partial charge < -0.3 is 14.3 Å². The fraction of sp³-hybridized carbons (Fsp3) is 0.300. The van der Waals surface area contributed by atoms with Gasteiger partial charge in [0.2, 0.25) is 6.35 Å². The van der Waals surface area contributed by atoms with E-state index in [2.05, 4.69) is 14.5 Å². The maximum Gasteiger partial charge on any atom is 0.368 e. The summed E-state index contributed by atoms with van der Waals surface area (Å²) in [4.78, 5) is 13.9. The third kappa shape index (κ3) is 5.33. The molecule has 0 radical (unpaired) electrons. The molecule has 1 atom stereocenters. The predicted molar refractivity (Wildman–Crippen MR) is 66.4 cm³/mol. The van der Waals surface area contributed by atoms with Crippen LogP contribution in [0.1, 0.15) is 12.5 Å². The molecule has 0 fully saturated rings. The largest absolute Gasteiger partial charge is 0.383 e. The van der Waals surface area contributed by atoms with Crippen LogP contribution in [-0.4, -0.2) is 24.1 Å². The molecule has 1 aromatic rings. The summed E-state index contributed by atoms with van der Waals surface area (Å²) >= 11 is 5.87. The molecule has 94 valence electrons. The van der Waals surface area contributed by atoms with Gasteiger partial charge in [-0.2, -0.15) is 0 Å². The highest BCUT2D eigenvalue weighted by Crippen LogP contribution is 2.41. The van der Waals surface area contributed by atoms with Crippen molar-refractivity contribution < 1.29 is 18.8 Å². The van der Waals surface area contributed by atoms with Crippen molar-refractivity contribution in [3.05, 3.63) is 34.9 Å². The molecule has 0 spiro atoms. The van der Waals surface area contributed by atoms with E-state index in [0.717, 1.165) is 0 Å². The zero-order chi connectivity index (χ0) is 12.7. The van der Waals surface area contributed by atoms with Gasteiger partial charge in [0.05, 0.1) is 12.8 Å². The van der Waals surface area contributed by atoms with E-state index >= 15 is 0 Å². The fourth-order valence-corrected chi connectivity index (χ4v) is 1.89. The van der Waals surface area contributed by atoms with Crippen molar-refractivity contribution in [2.75, 3.05) is 13.0 Å². The quantitative estimate of drug-likeness (QED) is 0.493. The second kappa shape index (κ2) is 6.77. The molecule has 0 aliphatic carbocycles. The second-order valence-electron chi connectivity index (χ2n) is 3.07. The van der Waals surface area contributed by atoms with E-state index in [1.807, 2.05) is 0 Å². The van der Waals surface area contributed by atoms with Crippen LogP contribution < -0.4 is 0 Å². The normalized spacial score (nSPS) is 14.8. The molecule has 1 rings (SSSR count). The first kappa shape index (κ1) is 14.2. The van der Waals surface area contributed by atoms with Crippen LogP contribution >= 0.6 is 19.2 Å². The Kier molecular flexibility index (Phi) is 5.65. The third-order valence-electron chi connectivity index (χ3n) is 1.72. The Morgan fingerprint density at radius 1 is 1.53 bits per heavy atom. The molecule has 17 heavy (non-hydrogen) atoms. The van der Waals surface area contributed by atoms with Gasteiger partial charge in [-0.25, -0.2) is 0 Å². The van der Waals surface area contributed by atoms with E-state index in [-0.39, 0.29) is 6.61 Å². The molecule has 0 aliphatic heterocycles. The highest BCUT2D eigenvalue weighted by molar-refractivity contribution is 7.52. The number of oxime groups is 1. The zero-order valence-electron chi connectivity index (χ0n) is 9.25.